The summed E-state index contributed by atoms with van der Waals surface area (Å²) in [7, 11) is 0. The van der Waals surface area contributed by atoms with Gasteiger partial charge in [-0.15, -0.1) is 0 Å². The Morgan fingerprint density at radius 3 is 2.50 bits per heavy atom. The van der Waals surface area contributed by atoms with Gasteiger partial charge in [0.05, 0.1) is 0 Å². The first-order valence-electron chi connectivity index (χ1n) is 3.78. The van der Waals surface area contributed by atoms with Gasteiger partial charge in [-0.1, -0.05) is 23.2 Å². The van der Waals surface area contributed by atoms with Gasteiger partial charge in [0.25, 0.3) is 5.92 Å². The summed E-state index contributed by atoms with van der Waals surface area (Å²) < 4.78 is 26.4. The molecular weight excluding hydrogens is 235 g/mol. The maximum Gasteiger partial charge on any atom is 0.292 e. The topological polar surface area (TPSA) is 33.1 Å². The van der Waals surface area contributed by atoms with E-state index < -0.39 is 24.6 Å². The van der Waals surface area contributed by atoms with E-state index in [0.717, 1.165) is 6.07 Å². The lowest BCUT2D eigenvalue weighted by atomic mass is 10.1. The van der Waals surface area contributed by atoms with Gasteiger partial charge in [0, 0.05) is 18.1 Å². The van der Waals surface area contributed by atoms with Crippen molar-refractivity contribution in [1.82, 2.24) is 4.98 Å². The molecule has 0 atom stereocenters. The molecule has 0 aliphatic carbocycles. The van der Waals surface area contributed by atoms with E-state index in [1.807, 2.05) is 0 Å². The van der Waals surface area contributed by atoms with Crippen molar-refractivity contribution in [1.29, 1.82) is 0 Å². The Labute approximate surface area is 89.5 Å². The lowest BCUT2D eigenvalue weighted by Gasteiger charge is -2.14. The van der Waals surface area contributed by atoms with Crippen LogP contribution in [0.1, 0.15) is 12.1 Å². The minimum absolute atomic E-state index is 0.0925. The first-order chi connectivity index (χ1) is 6.45. The van der Waals surface area contributed by atoms with Crippen molar-refractivity contribution in [2.75, 3.05) is 6.61 Å². The maximum atomic E-state index is 13.2. The zero-order chi connectivity index (χ0) is 10.8. The van der Waals surface area contributed by atoms with Crippen LogP contribution in [0.2, 0.25) is 10.2 Å². The van der Waals surface area contributed by atoms with Crippen LogP contribution < -0.4 is 0 Å². The Morgan fingerprint density at radius 2 is 2.00 bits per heavy atom. The molecule has 1 aromatic heterocycles. The number of aliphatic hydroxyl groups is 1. The molecule has 0 unspecified atom stereocenters. The highest BCUT2D eigenvalue weighted by Crippen LogP contribution is 2.32. The molecule has 1 aromatic rings. The Kier molecular flexibility index (Phi) is 3.64. The Balaban J connectivity index is 3.05. The molecule has 1 heterocycles. The van der Waals surface area contributed by atoms with Crippen LogP contribution in [0.4, 0.5) is 8.78 Å². The van der Waals surface area contributed by atoms with Crippen molar-refractivity contribution in [3.63, 3.8) is 0 Å². The smallest absolute Gasteiger partial charge is 0.292 e. The molecule has 0 radical (unpaired) electrons. The van der Waals surface area contributed by atoms with Gasteiger partial charge < -0.3 is 5.11 Å². The van der Waals surface area contributed by atoms with Crippen LogP contribution in [0.3, 0.4) is 0 Å². The number of aliphatic hydroxyl groups excluding tert-OH is 1. The molecule has 0 aliphatic heterocycles. The highest BCUT2D eigenvalue weighted by Gasteiger charge is 2.33. The zero-order valence-electron chi connectivity index (χ0n) is 6.98. The number of rotatable bonds is 3. The quantitative estimate of drug-likeness (QED) is 0.826. The van der Waals surface area contributed by atoms with Crippen LogP contribution in [0.5, 0.6) is 0 Å². The standard InChI is InChI=1S/C8H7Cl2F2NO/c9-5-3-6(13-7(10)4-5)8(11,12)1-2-14/h3-4,14H,1-2H2. The van der Waals surface area contributed by atoms with Gasteiger partial charge in [-0.3, -0.25) is 0 Å². The van der Waals surface area contributed by atoms with Crippen LogP contribution in [-0.4, -0.2) is 16.7 Å². The third kappa shape index (κ3) is 2.77. The molecule has 1 N–H and O–H groups in total. The minimum Gasteiger partial charge on any atom is -0.396 e. The molecule has 0 spiro atoms. The van der Waals surface area contributed by atoms with Gasteiger partial charge in [-0.05, 0) is 12.1 Å². The number of nitrogens with zero attached hydrogens (tertiary/aromatic N) is 1. The van der Waals surface area contributed by atoms with Crippen LogP contribution in [0, 0.1) is 0 Å². The fourth-order valence-corrected chi connectivity index (χ4v) is 1.39. The van der Waals surface area contributed by atoms with Crippen molar-refractivity contribution < 1.29 is 13.9 Å². The van der Waals surface area contributed by atoms with E-state index in [4.69, 9.17) is 28.3 Å². The predicted octanol–water partition coefficient (Wildman–Crippen LogP) is 2.86. The number of pyridine rings is 1. The van der Waals surface area contributed by atoms with Crippen LogP contribution in [0.15, 0.2) is 12.1 Å². The summed E-state index contributed by atoms with van der Waals surface area (Å²) in [4.78, 5) is 3.44. The maximum absolute atomic E-state index is 13.2. The van der Waals surface area contributed by atoms with Gasteiger partial charge in [0.2, 0.25) is 0 Å². The number of hydrogen-bond acceptors (Lipinski definition) is 2. The summed E-state index contributed by atoms with van der Waals surface area (Å²) >= 11 is 11.0. The Hall–Kier alpha value is -0.450. The van der Waals surface area contributed by atoms with E-state index in [9.17, 15) is 8.78 Å². The fraction of sp³-hybridized carbons (Fsp3) is 0.375. The molecule has 1 rings (SSSR count). The molecule has 14 heavy (non-hydrogen) atoms. The summed E-state index contributed by atoms with van der Waals surface area (Å²) in [6.45, 7) is -0.626. The lowest BCUT2D eigenvalue weighted by Crippen LogP contribution is -2.17. The molecule has 0 aromatic carbocycles. The van der Waals surface area contributed by atoms with Crippen molar-refractivity contribution in [2.45, 2.75) is 12.3 Å². The SMILES string of the molecule is OCCC(F)(F)c1cc(Cl)cc(Cl)n1. The normalized spacial score (nSPS) is 11.8. The molecule has 0 saturated carbocycles. The summed E-state index contributed by atoms with van der Waals surface area (Å²) in [5, 5.41) is 8.43. The second-order valence-corrected chi connectivity index (χ2v) is 3.50. The molecular formula is C8H7Cl2F2NO. The lowest BCUT2D eigenvalue weighted by molar-refractivity contribution is -0.0310. The number of hydrogen-bond donors (Lipinski definition) is 1. The van der Waals surface area contributed by atoms with Gasteiger partial charge in [-0.25, -0.2) is 4.98 Å². The molecule has 0 fully saturated rings. The first-order valence-corrected chi connectivity index (χ1v) is 4.53. The third-order valence-corrected chi connectivity index (χ3v) is 1.97. The van der Waals surface area contributed by atoms with E-state index in [2.05, 4.69) is 4.98 Å². The first kappa shape index (κ1) is 11.6. The van der Waals surface area contributed by atoms with Crippen LogP contribution in [0.25, 0.3) is 0 Å². The van der Waals surface area contributed by atoms with E-state index in [0.29, 0.717) is 0 Å². The second kappa shape index (κ2) is 4.38. The highest BCUT2D eigenvalue weighted by molar-refractivity contribution is 6.33. The molecule has 6 heteroatoms. The molecule has 0 aliphatic rings. The van der Waals surface area contributed by atoms with Crippen molar-refractivity contribution in [2.24, 2.45) is 0 Å². The van der Waals surface area contributed by atoms with Crippen LogP contribution >= 0.6 is 23.2 Å². The summed E-state index contributed by atoms with van der Waals surface area (Å²) in [5.41, 5.74) is -0.524. The monoisotopic (exact) mass is 241 g/mol. The average Bonchev–Trinajstić information content (AvgIpc) is 2.02. The number of aromatic nitrogens is 1. The van der Waals surface area contributed by atoms with E-state index in [-0.39, 0.29) is 10.2 Å². The molecule has 0 amide bonds. The van der Waals surface area contributed by atoms with E-state index >= 15 is 0 Å². The zero-order valence-corrected chi connectivity index (χ0v) is 8.49. The second-order valence-electron chi connectivity index (χ2n) is 2.67. The average molecular weight is 242 g/mol. The van der Waals surface area contributed by atoms with E-state index in [1.54, 1.807) is 0 Å². The third-order valence-electron chi connectivity index (χ3n) is 1.56. The summed E-state index contributed by atoms with van der Waals surface area (Å²) in [5.74, 6) is -3.21. The predicted molar refractivity (Wildman–Crippen MR) is 49.9 cm³/mol. The Morgan fingerprint density at radius 1 is 1.36 bits per heavy atom. The molecule has 78 valence electrons. The molecule has 2 nitrogen and oxygen atoms in total. The van der Waals surface area contributed by atoms with Crippen molar-refractivity contribution >= 4 is 23.2 Å². The summed E-state index contributed by atoms with van der Waals surface area (Å²) in [6.07, 6.45) is -0.698. The van der Waals surface area contributed by atoms with Gasteiger partial charge in [0.15, 0.2) is 0 Å². The summed E-state index contributed by atoms with van der Waals surface area (Å²) in [6, 6.07) is 2.30. The van der Waals surface area contributed by atoms with Crippen molar-refractivity contribution in [3.8, 4) is 0 Å². The van der Waals surface area contributed by atoms with E-state index in [1.165, 1.54) is 6.07 Å². The highest BCUT2D eigenvalue weighted by atomic mass is 35.5. The van der Waals surface area contributed by atoms with Gasteiger partial charge in [0.1, 0.15) is 10.8 Å². The largest absolute Gasteiger partial charge is 0.396 e. The number of alkyl halides is 2. The van der Waals surface area contributed by atoms with Crippen LogP contribution in [-0.2, 0) is 5.92 Å². The Bertz CT molecular complexity index is 313. The number of halogens is 4. The van der Waals surface area contributed by atoms with Gasteiger partial charge >= 0.3 is 0 Å². The fourth-order valence-electron chi connectivity index (χ4n) is 0.922. The molecule has 0 saturated heterocycles. The molecule has 0 bridgehead atoms. The van der Waals surface area contributed by atoms with Crippen molar-refractivity contribution in [3.05, 3.63) is 28.0 Å². The minimum atomic E-state index is -3.21. The van der Waals surface area contributed by atoms with Gasteiger partial charge in [-0.2, -0.15) is 8.78 Å².